The van der Waals surface area contributed by atoms with Gasteiger partial charge in [0, 0.05) is 32.4 Å². The van der Waals surface area contributed by atoms with E-state index in [2.05, 4.69) is 40.6 Å². The third kappa shape index (κ3) is 5.61. The molecular formula is C12H21BrN2O3SSi. The summed E-state index contributed by atoms with van der Waals surface area (Å²) in [5.74, 6) is 0. The molecule has 0 aromatic carbocycles. The van der Waals surface area contributed by atoms with Crippen LogP contribution in [0.2, 0.25) is 25.7 Å². The van der Waals surface area contributed by atoms with E-state index in [1.165, 1.54) is 23.6 Å². The van der Waals surface area contributed by atoms with E-state index in [1.54, 1.807) is 6.07 Å². The van der Waals surface area contributed by atoms with E-state index in [4.69, 9.17) is 4.74 Å². The minimum absolute atomic E-state index is 0.0168. The number of pyridine rings is 1. The van der Waals surface area contributed by atoms with Gasteiger partial charge < -0.3 is 4.74 Å². The summed E-state index contributed by atoms with van der Waals surface area (Å²) in [6, 6.07) is 4.17. The van der Waals surface area contributed by atoms with Crippen LogP contribution in [0.1, 0.15) is 0 Å². The second-order valence-electron chi connectivity index (χ2n) is 5.76. The molecule has 0 aliphatic carbocycles. The number of hydrogen-bond donors (Lipinski definition) is 0. The first kappa shape index (κ1) is 17.8. The number of rotatable bonds is 7. The Morgan fingerprint density at radius 2 is 2.05 bits per heavy atom. The number of aromatic nitrogens is 1. The minimum Gasteiger partial charge on any atom is -0.365 e. The monoisotopic (exact) mass is 380 g/mol. The second kappa shape index (κ2) is 7.12. The largest absolute Gasteiger partial charge is 0.365 e. The maximum Gasteiger partial charge on any atom is 0.262 e. The van der Waals surface area contributed by atoms with E-state index >= 15 is 0 Å². The lowest BCUT2D eigenvalue weighted by Gasteiger charge is -2.19. The molecule has 0 aliphatic heterocycles. The van der Waals surface area contributed by atoms with Crippen LogP contribution in [-0.4, -0.2) is 46.2 Å². The summed E-state index contributed by atoms with van der Waals surface area (Å²) in [7, 11) is -3.26. The first-order valence-electron chi connectivity index (χ1n) is 6.28. The molecule has 0 radical (unpaired) electrons. The average Bonchev–Trinajstić information content (AvgIpc) is 2.33. The predicted octanol–water partition coefficient (Wildman–Crippen LogP) is 2.78. The molecule has 114 valence electrons. The zero-order valence-corrected chi connectivity index (χ0v) is 15.7. The molecule has 0 saturated heterocycles. The molecule has 5 nitrogen and oxygen atoms in total. The number of sulfonamides is 1. The SMILES string of the molecule is CN(COCC[Si](C)(C)C)S(=O)(=O)c1cc(Br)ccn1. The smallest absolute Gasteiger partial charge is 0.262 e. The summed E-state index contributed by atoms with van der Waals surface area (Å²) < 4.78 is 31.8. The van der Waals surface area contributed by atoms with Crippen molar-refractivity contribution in [2.24, 2.45) is 0 Å². The first-order valence-corrected chi connectivity index (χ1v) is 12.2. The maximum absolute atomic E-state index is 12.2. The topological polar surface area (TPSA) is 59.5 Å². The van der Waals surface area contributed by atoms with Crippen LogP contribution < -0.4 is 0 Å². The fourth-order valence-electron chi connectivity index (χ4n) is 1.33. The summed E-state index contributed by atoms with van der Waals surface area (Å²) in [6.45, 7) is 7.38. The van der Waals surface area contributed by atoms with Crippen molar-refractivity contribution in [1.29, 1.82) is 0 Å². The molecule has 1 heterocycles. The Hall–Kier alpha value is -0.283. The van der Waals surface area contributed by atoms with Crippen LogP contribution in [0.25, 0.3) is 0 Å². The maximum atomic E-state index is 12.2. The third-order valence-electron chi connectivity index (χ3n) is 2.64. The molecule has 0 amide bonds. The molecule has 0 spiro atoms. The van der Waals surface area contributed by atoms with Crippen LogP contribution in [0.15, 0.2) is 27.8 Å². The predicted molar refractivity (Wildman–Crippen MR) is 85.9 cm³/mol. The van der Waals surface area contributed by atoms with Gasteiger partial charge in [0.2, 0.25) is 0 Å². The highest BCUT2D eigenvalue weighted by atomic mass is 79.9. The molecule has 20 heavy (non-hydrogen) atoms. The summed E-state index contributed by atoms with van der Waals surface area (Å²) in [6.07, 6.45) is 1.46. The summed E-state index contributed by atoms with van der Waals surface area (Å²) in [5, 5.41) is 0.0168. The van der Waals surface area contributed by atoms with E-state index < -0.39 is 18.1 Å². The first-order chi connectivity index (χ1) is 9.13. The van der Waals surface area contributed by atoms with Crippen molar-refractivity contribution >= 4 is 34.0 Å². The normalized spacial score (nSPS) is 12.9. The van der Waals surface area contributed by atoms with Gasteiger partial charge in [0.15, 0.2) is 5.03 Å². The van der Waals surface area contributed by atoms with E-state index in [-0.39, 0.29) is 11.8 Å². The van der Waals surface area contributed by atoms with Gasteiger partial charge in [-0.1, -0.05) is 35.6 Å². The molecule has 0 aliphatic rings. The Balaban J connectivity index is 2.60. The van der Waals surface area contributed by atoms with Crippen LogP contribution in [0, 0.1) is 0 Å². The van der Waals surface area contributed by atoms with Gasteiger partial charge in [-0.25, -0.2) is 13.4 Å². The van der Waals surface area contributed by atoms with Crippen molar-refractivity contribution in [2.45, 2.75) is 30.7 Å². The fourth-order valence-corrected chi connectivity index (χ4v) is 3.57. The Morgan fingerprint density at radius 3 is 2.60 bits per heavy atom. The highest BCUT2D eigenvalue weighted by Gasteiger charge is 2.22. The van der Waals surface area contributed by atoms with Gasteiger partial charge in [-0.05, 0) is 18.2 Å². The molecule has 0 unspecified atom stereocenters. The van der Waals surface area contributed by atoms with Gasteiger partial charge in [-0.2, -0.15) is 4.31 Å². The summed E-state index contributed by atoms with van der Waals surface area (Å²) in [5.41, 5.74) is 0. The van der Waals surface area contributed by atoms with Crippen LogP contribution >= 0.6 is 15.9 Å². The van der Waals surface area contributed by atoms with Gasteiger partial charge in [0.25, 0.3) is 10.0 Å². The number of halogens is 1. The highest BCUT2D eigenvalue weighted by Crippen LogP contribution is 2.16. The molecule has 1 rings (SSSR count). The zero-order chi connectivity index (χ0) is 15.4. The molecule has 0 atom stereocenters. The number of hydrogen-bond acceptors (Lipinski definition) is 4. The van der Waals surface area contributed by atoms with Crippen LogP contribution in [-0.2, 0) is 14.8 Å². The molecule has 0 bridgehead atoms. The molecule has 1 aromatic heterocycles. The van der Waals surface area contributed by atoms with Crippen molar-refractivity contribution in [1.82, 2.24) is 9.29 Å². The fraction of sp³-hybridized carbons (Fsp3) is 0.583. The van der Waals surface area contributed by atoms with Crippen LogP contribution in [0.5, 0.6) is 0 Å². The highest BCUT2D eigenvalue weighted by molar-refractivity contribution is 9.10. The van der Waals surface area contributed by atoms with Gasteiger partial charge in [-0.15, -0.1) is 0 Å². The number of ether oxygens (including phenoxy) is 1. The van der Waals surface area contributed by atoms with E-state index in [0.29, 0.717) is 11.1 Å². The Bertz CT molecular complexity index is 546. The van der Waals surface area contributed by atoms with Crippen molar-refractivity contribution in [3.05, 3.63) is 22.8 Å². The zero-order valence-electron chi connectivity index (χ0n) is 12.3. The standard InChI is InChI=1S/C12H21BrN2O3SSi/c1-15(10-18-7-8-20(2,3)4)19(16,17)12-9-11(13)5-6-14-12/h5-6,9H,7-8,10H2,1-4H3. The summed E-state index contributed by atoms with van der Waals surface area (Å²) >= 11 is 3.24. The summed E-state index contributed by atoms with van der Waals surface area (Å²) in [4.78, 5) is 3.89. The molecule has 0 N–H and O–H groups in total. The molecule has 0 saturated carbocycles. The minimum atomic E-state index is -3.60. The average molecular weight is 381 g/mol. The van der Waals surface area contributed by atoms with Crippen molar-refractivity contribution in [3.63, 3.8) is 0 Å². The van der Waals surface area contributed by atoms with E-state index in [9.17, 15) is 8.42 Å². The lowest BCUT2D eigenvalue weighted by molar-refractivity contribution is 0.0906. The third-order valence-corrected chi connectivity index (χ3v) is 6.52. The quantitative estimate of drug-likeness (QED) is 0.414. The van der Waals surface area contributed by atoms with Crippen molar-refractivity contribution in [3.8, 4) is 0 Å². The lowest BCUT2D eigenvalue weighted by Crippen LogP contribution is -2.31. The van der Waals surface area contributed by atoms with Crippen LogP contribution in [0.3, 0.4) is 0 Å². The van der Waals surface area contributed by atoms with E-state index in [1.807, 2.05) is 0 Å². The van der Waals surface area contributed by atoms with Gasteiger partial charge in [0.05, 0.1) is 0 Å². The van der Waals surface area contributed by atoms with Crippen molar-refractivity contribution in [2.75, 3.05) is 20.4 Å². The van der Waals surface area contributed by atoms with Gasteiger partial charge in [-0.3, -0.25) is 0 Å². The molecular weight excluding hydrogens is 360 g/mol. The van der Waals surface area contributed by atoms with Crippen LogP contribution in [0.4, 0.5) is 0 Å². The molecule has 1 aromatic rings. The number of nitrogens with zero attached hydrogens (tertiary/aromatic N) is 2. The second-order valence-corrected chi connectivity index (χ2v) is 14.3. The molecule has 0 fully saturated rings. The van der Waals surface area contributed by atoms with Crippen molar-refractivity contribution < 1.29 is 13.2 Å². The molecule has 8 heteroatoms. The lowest BCUT2D eigenvalue weighted by atomic mass is 10.5. The Kier molecular flexibility index (Phi) is 6.33. The van der Waals surface area contributed by atoms with E-state index in [0.717, 1.165) is 6.04 Å². The van der Waals surface area contributed by atoms with Gasteiger partial charge >= 0.3 is 0 Å². The Labute approximate surface area is 130 Å². The van der Waals surface area contributed by atoms with Gasteiger partial charge in [0.1, 0.15) is 6.73 Å². The Morgan fingerprint density at radius 1 is 1.40 bits per heavy atom.